The Morgan fingerprint density at radius 2 is 2.00 bits per heavy atom. The van der Waals surface area contributed by atoms with E-state index in [9.17, 15) is 0 Å². The molecule has 2 heterocycles. The molecule has 0 bridgehead atoms. The number of aryl methyl sites for hydroxylation is 1. The van der Waals surface area contributed by atoms with Gasteiger partial charge in [0.2, 0.25) is 0 Å². The molecule has 0 aliphatic rings. The zero-order valence-electron chi connectivity index (χ0n) is 12.0. The van der Waals surface area contributed by atoms with E-state index in [1.807, 2.05) is 30.5 Å². The van der Waals surface area contributed by atoms with E-state index in [0.717, 1.165) is 34.3 Å². The number of aromatic nitrogens is 2. The number of hydrogen-bond acceptors (Lipinski definition) is 4. The first kappa shape index (κ1) is 13.4. The second kappa shape index (κ2) is 5.79. The van der Waals surface area contributed by atoms with Crippen LogP contribution in [0.25, 0.3) is 10.8 Å². The van der Waals surface area contributed by atoms with Crippen molar-refractivity contribution >= 4 is 22.1 Å². The third-order valence-electron chi connectivity index (χ3n) is 3.66. The van der Waals surface area contributed by atoms with Crippen LogP contribution in [0.3, 0.4) is 0 Å². The minimum Gasteiger partial charge on any atom is -0.398 e. The number of nitrogens with one attached hydrogen (secondary N) is 1. The number of pyridine rings is 2. The van der Waals surface area contributed by atoms with Gasteiger partial charge in [0, 0.05) is 40.7 Å². The standard InChI is InChI=1S/C17H18N4/c1-2-12-4-3-8-20-17(12)11-21-16-6-5-15(18)14-10-19-9-7-13(14)16/h3-10,21H,2,11,18H2,1H3. The summed E-state index contributed by atoms with van der Waals surface area (Å²) in [5.41, 5.74) is 10.1. The molecule has 0 saturated heterocycles. The van der Waals surface area contributed by atoms with Crippen LogP contribution in [0.1, 0.15) is 18.2 Å². The molecule has 0 aliphatic heterocycles. The van der Waals surface area contributed by atoms with Gasteiger partial charge < -0.3 is 11.1 Å². The van der Waals surface area contributed by atoms with Gasteiger partial charge in [0.25, 0.3) is 0 Å². The van der Waals surface area contributed by atoms with Crippen LogP contribution in [-0.2, 0) is 13.0 Å². The van der Waals surface area contributed by atoms with Crippen molar-refractivity contribution in [2.75, 3.05) is 11.1 Å². The number of rotatable bonds is 4. The predicted octanol–water partition coefficient (Wildman–Crippen LogP) is 3.39. The highest BCUT2D eigenvalue weighted by molar-refractivity contribution is 6.00. The Kier molecular flexibility index (Phi) is 3.69. The summed E-state index contributed by atoms with van der Waals surface area (Å²) in [5.74, 6) is 0. The normalized spacial score (nSPS) is 10.7. The molecule has 0 atom stereocenters. The zero-order valence-corrected chi connectivity index (χ0v) is 12.0. The fraction of sp³-hybridized carbons (Fsp3) is 0.176. The molecule has 0 spiro atoms. The lowest BCUT2D eigenvalue weighted by molar-refractivity contribution is 0.973. The van der Waals surface area contributed by atoms with Gasteiger partial charge in [-0.15, -0.1) is 0 Å². The fourth-order valence-electron chi connectivity index (χ4n) is 2.50. The van der Waals surface area contributed by atoms with Crippen molar-refractivity contribution in [3.05, 3.63) is 60.2 Å². The first-order valence-corrected chi connectivity index (χ1v) is 7.08. The van der Waals surface area contributed by atoms with Crippen molar-refractivity contribution in [1.29, 1.82) is 0 Å². The van der Waals surface area contributed by atoms with Gasteiger partial charge in [-0.1, -0.05) is 13.0 Å². The molecule has 4 nitrogen and oxygen atoms in total. The van der Waals surface area contributed by atoms with E-state index in [0.29, 0.717) is 6.54 Å². The SMILES string of the molecule is CCc1cccnc1CNc1ccc(N)c2cnccc12. The van der Waals surface area contributed by atoms with E-state index in [2.05, 4.69) is 28.3 Å². The first-order valence-electron chi connectivity index (χ1n) is 7.08. The van der Waals surface area contributed by atoms with Crippen molar-refractivity contribution in [3.8, 4) is 0 Å². The summed E-state index contributed by atoms with van der Waals surface area (Å²) in [6.45, 7) is 2.84. The van der Waals surface area contributed by atoms with Crippen LogP contribution in [0.2, 0.25) is 0 Å². The number of nitrogen functional groups attached to an aromatic ring is 1. The maximum Gasteiger partial charge on any atom is 0.0626 e. The summed E-state index contributed by atoms with van der Waals surface area (Å²) < 4.78 is 0. The second-order valence-corrected chi connectivity index (χ2v) is 4.94. The van der Waals surface area contributed by atoms with Crippen molar-refractivity contribution in [2.45, 2.75) is 19.9 Å². The summed E-state index contributed by atoms with van der Waals surface area (Å²) in [5, 5.41) is 5.51. The van der Waals surface area contributed by atoms with Crippen LogP contribution < -0.4 is 11.1 Å². The van der Waals surface area contributed by atoms with Crippen LogP contribution in [0.5, 0.6) is 0 Å². The Balaban J connectivity index is 1.91. The maximum atomic E-state index is 6.00. The second-order valence-electron chi connectivity index (χ2n) is 4.94. The van der Waals surface area contributed by atoms with Gasteiger partial charge >= 0.3 is 0 Å². The average Bonchev–Trinajstić information content (AvgIpc) is 2.55. The highest BCUT2D eigenvalue weighted by Gasteiger charge is 2.06. The summed E-state index contributed by atoms with van der Waals surface area (Å²) in [4.78, 5) is 8.60. The Hall–Kier alpha value is -2.62. The molecule has 3 aromatic rings. The minimum absolute atomic E-state index is 0.700. The minimum atomic E-state index is 0.700. The Labute approximate surface area is 124 Å². The van der Waals surface area contributed by atoms with Crippen molar-refractivity contribution in [1.82, 2.24) is 9.97 Å². The number of nitrogens with zero attached hydrogens (tertiary/aromatic N) is 2. The highest BCUT2D eigenvalue weighted by atomic mass is 14.9. The maximum absolute atomic E-state index is 6.00. The van der Waals surface area contributed by atoms with Gasteiger partial charge in [-0.25, -0.2) is 0 Å². The molecule has 0 radical (unpaired) electrons. The first-order chi connectivity index (χ1) is 10.3. The molecule has 0 aliphatic carbocycles. The predicted molar refractivity (Wildman–Crippen MR) is 87.1 cm³/mol. The molecule has 0 unspecified atom stereocenters. The van der Waals surface area contributed by atoms with Crippen LogP contribution in [0, 0.1) is 0 Å². The third-order valence-corrected chi connectivity index (χ3v) is 3.66. The van der Waals surface area contributed by atoms with Crippen LogP contribution >= 0.6 is 0 Å². The van der Waals surface area contributed by atoms with Gasteiger partial charge in [-0.2, -0.15) is 0 Å². The van der Waals surface area contributed by atoms with E-state index >= 15 is 0 Å². The molecule has 21 heavy (non-hydrogen) atoms. The van der Waals surface area contributed by atoms with Crippen molar-refractivity contribution in [2.24, 2.45) is 0 Å². The van der Waals surface area contributed by atoms with Gasteiger partial charge in [0.15, 0.2) is 0 Å². The summed E-state index contributed by atoms with van der Waals surface area (Å²) >= 11 is 0. The van der Waals surface area contributed by atoms with Crippen LogP contribution in [0.4, 0.5) is 11.4 Å². The lowest BCUT2D eigenvalue weighted by Gasteiger charge is -2.12. The van der Waals surface area contributed by atoms with Gasteiger partial charge in [-0.05, 0) is 36.2 Å². The molecule has 0 saturated carbocycles. The molecular weight excluding hydrogens is 260 g/mol. The third kappa shape index (κ3) is 2.65. The quantitative estimate of drug-likeness (QED) is 0.718. The van der Waals surface area contributed by atoms with E-state index in [1.165, 1.54) is 5.56 Å². The number of fused-ring (bicyclic) bond motifs is 1. The Morgan fingerprint density at radius 1 is 1.10 bits per heavy atom. The number of anilines is 2. The fourth-order valence-corrected chi connectivity index (χ4v) is 2.50. The summed E-state index contributed by atoms with van der Waals surface area (Å²) in [6, 6.07) is 9.99. The number of benzene rings is 1. The Bertz CT molecular complexity index is 768. The smallest absolute Gasteiger partial charge is 0.0626 e. The number of nitrogens with two attached hydrogens (primary N) is 1. The molecule has 3 N–H and O–H groups in total. The molecular formula is C17H18N4. The van der Waals surface area contributed by atoms with E-state index in [1.54, 1.807) is 12.4 Å². The lowest BCUT2D eigenvalue weighted by Crippen LogP contribution is -2.05. The van der Waals surface area contributed by atoms with Crippen LogP contribution in [0.15, 0.2) is 48.9 Å². The molecule has 4 heteroatoms. The van der Waals surface area contributed by atoms with Crippen LogP contribution in [-0.4, -0.2) is 9.97 Å². The molecule has 2 aromatic heterocycles. The van der Waals surface area contributed by atoms with Gasteiger partial charge in [0.1, 0.15) is 0 Å². The molecule has 1 aromatic carbocycles. The van der Waals surface area contributed by atoms with Gasteiger partial charge in [-0.3, -0.25) is 9.97 Å². The van der Waals surface area contributed by atoms with Crippen molar-refractivity contribution in [3.63, 3.8) is 0 Å². The average molecular weight is 278 g/mol. The van der Waals surface area contributed by atoms with Gasteiger partial charge in [0.05, 0.1) is 12.2 Å². The molecule has 0 amide bonds. The van der Waals surface area contributed by atoms with E-state index in [-0.39, 0.29) is 0 Å². The van der Waals surface area contributed by atoms with E-state index < -0.39 is 0 Å². The van der Waals surface area contributed by atoms with E-state index in [4.69, 9.17) is 5.73 Å². The largest absolute Gasteiger partial charge is 0.398 e. The molecule has 106 valence electrons. The molecule has 0 fully saturated rings. The summed E-state index contributed by atoms with van der Waals surface area (Å²) in [7, 11) is 0. The number of hydrogen-bond donors (Lipinski definition) is 2. The van der Waals surface area contributed by atoms with Crippen molar-refractivity contribution < 1.29 is 0 Å². The summed E-state index contributed by atoms with van der Waals surface area (Å²) in [6.07, 6.45) is 6.40. The Morgan fingerprint density at radius 3 is 2.86 bits per heavy atom. The zero-order chi connectivity index (χ0) is 14.7. The lowest BCUT2D eigenvalue weighted by atomic mass is 10.1. The highest BCUT2D eigenvalue weighted by Crippen LogP contribution is 2.27. The topological polar surface area (TPSA) is 63.8 Å². The molecule has 3 rings (SSSR count). The monoisotopic (exact) mass is 278 g/mol.